The van der Waals surface area contributed by atoms with E-state index in [2.05, 4.69) is 11.4 Å². The molecule has 1 N–H and O–H groups in total. The van der Waals surface area contributed by atoms with Gasteiger partial charge in [0.05, 0.1) is 6.07 Å². The van der Waals surface area contributed by atoms with Gasteiger partial charge in [0, 0.05) is 18.8 Å². The second-order valence-corrected chi connectivity index (χ2v) is 3.49. The molecule has 16 heavy (non-hydrogen) atoms. The van der Waals surface area contributed by atoms with Gasteiger partial charge in [-0.3, -0.25) is 0 Å². The summed E-state index contributed by atoms with van der Waals surface area (Å²) in [7, 11) is 1.74. The van der Waals surface area contributed by atoms with Crippen LogP contribution >= 0.6 is 0 Å². The van der Waals surface area contributed by atoms with E-state index in [1.807, 2.05) is 17.9 Å². The maximum atomic E-state index is 13.1. The summed E-state index contributed by atoms with van der Waals surface area (Å²) in [6.07, 6.45) is 0. The highest BCUT2D eigenvalue weighted by molar-refractivity contribution is 5.46. The maximum absolute atomic E-state index is 13.1. The van der Waals surface area contributed by atoms with Crippen LogP contribution in [0, 0.1) is 17.1 Å². The molecule has 0 bridgehead atoms. The molecule has 0 aromatic heterocycles. The van der Waals surface area contributed by atoms with E-state index < -0.39 is 0 Å². The summed E-state index contributed by atoms with van der Waals surface area (Å²) in [5.41, 5.74) is 0.804. The number of anilines is 1. The summed E-state index contributed by atoms with van der Waals surface area (Å²) in [4.78, 5) is 1.97. The standard InChI is InChI=1S/C12H16FN3/c1-3-16(9-11(8-14)15-2)12-6-4-5-10(13)7-12/h4-7,11,15H,3,9H2,1-2H3. The fraction of sp³-hybridized carbons (Fsp3) is 0.417. The molecule has 0 aliphatic heterocycles. The second kappa shape index (κ2) is 6.09. The summed E-state index contributed by atoms with van der Waals surface area (Å²) in [5, 5.41) is 11.8. The Balaban J connectivity index is 2.79. The molecule has 0 aliphatic carbocycles. The van der Waals surface area contributed by atoms with Crippen molar-refractivity contribution in [3.8, 4) is 6.07 Å². The molecule has 1 aromatic rings. The smallest absolute Gasteiger partial charge is 0.125 e. The van der Waals surface area contributed by atoms with E-state index in [1.165, 1.54) is 12.1 Å². The Morgan fingerprint density at radius 3 is 2.81 bits per heavy atom. The monoisotopic (exact) mass is 221 g/mol. The number of benzene rings is 1. The Labute approximate surface area is 95.5 Å². The first-order valence-corrected chi connectivity index (χ1v) is 5.28. The van der Waals surface area contributed by atoms with Gasteiger partial charge in [-0.05, 0) is 32.2 Å². The van der Waals surface area contributed by atoms with Gasteiger partial charge < -0.3 is 10.2 Å². The molecule has 0 saturated carbocycles. The number of nitrogens with zero attached hydrogens (tertiary/aromatic N) is 2. The maximum Gasteiger partial charge on any atom is 0.125 e. The van der Waals surface area contributed by atoms with Crippen molar-refractivity contribution in [2.24, 2.45) is 0 Å². The van der Waals surface area contributed by atoms with Crippen molar-refractivity contribution in [1.29, 1.82) is 5.26 Å². The van der Waals surface area contributed by atoms with Gasteiger partial charge >= 0.3 is 0 Å². The lowest BCUT2D eigenvalue weighted by molar-refractivity contribution is 0.621. The van der Waals surface area contributed by atoms with Crippen LogP contribution in [0.1, 0.15) is 6.92 Å². The molecule has 4 heteroatoms. The van der Waals surface area contributed by atoms with E-state index >= 15 is 0 Å². The second-order valence-electron chi connectivity index (χ2n) is 3.49. The Morgan fingerprint density at radius 2 is 2.31 bits per heavy atom. The molecule has 1 unspecified atom stereocenters. The topological polar surface area (TPSA) is 39.1 Å². The van der Waals surface area contributed by atoms with Crippen LogP contribution in [-0.4, -0.2) is 26.2 Å². The number of hydrogen-bond acceptors (Lipinski definition) is 3. The number of nitriles is 1. The lowest BCUT2D eigenvalue weighted by atomic mass is 10.2. The van der Waals surface area contributed by atoms with E-state index in [4.69, 9.17) is 5.26 Å². The third-order valence-electron chi connectivity index (χ3n) is 2.46. The molecule has 0 fully saturated rings. The predicted octanol–water partition coefficient (Wildman–Crippen LogP) is 1.76. The van der Waals surface area contributed by atoms with Crippen LogP contribution in [0.25, 0.3) is 0 Å². The quantitative estimate of drug-likeness (QED) is 0.823. The average molecular weight is 221 g/mol. The van der Waals surface area contributed by atoms with E-state index in [0.717, 1.165) is 12.2 Å². The first-order chi connectivity index (χ1) is 7.71. The molecule has 1 aromatic carbocycles. The van der Waals surface area contributed by atoms with Crippen LogP contribution in [0.2, 0.25) is 0 Å². The molecule has 0 aliphatic rings. The molecular weight excluding hydrogens is 205 g/mol. The van der Waals surface area contributed by atoms with E-state index in [-0.39, 0.29) is 11.9 Å². The SMILES string of the molecule is CCN(CC(C#N)NC)c1cccc(F)c1. The van der Waals surface area contributed by atoms with Gasteiger partial charge in [0.15, 0.2) is 0 Å². The molecule has 0 spiro atoms. The van der Waals surface area contributed by atoms with Crippen molar-refractivity contribution in [1.82, 2.24) is 5.32 Å². The van der Waals surface area contributed by atoms with Gasteiger partial charge in [-0.1, -0.05) is 6.07 Å². The van der Waals surface area contributed by atoms with Crippen LogP contribution < -0.4 is 10.2 Å². The van der Waals surface area contributed by atoms with Crippen LogP contribution in [0.15, 0.2) is 24.3 Å². The highest BCUT2D eigenvalue weighted by Gasteiger charge is 2.11. The minimum Gasteiger partial charge on any atom is -0.369 e. The number of rotatable bonds is 5. The van der Waals surface area contributed by atoms with Crippen molar-refractivity contribution in [3.05, 3.63) is 30.1 Å². The van der Waals surface area contributed by atoms with Crippen LogP contribution in [0.5, 0.6) is 0 Å². The Morgan fingerprint density at radius 1 is 1.56 bits per heavy atom. The number of nitrogens with one attached hydrogen (secondary N) is 1. The summed E-state index contributed by atoms with van der Waals surface area (Å²) in [6, 6.07) is 8.32. The van der Waals surface area contributed by atoms with Crippen molar-refractivity contribution in [2.75, 3.05) is 25.0 Å². The zero-order valence-electron chi connectivity index (χ0n) is 9.57. The summed E-state index contributed by atoms with van der Waals surface area (Å²) in [5.74, 6) is -0.256. The Hall–Kier alpha value is -1.60. The molecule has 0 saturated heterocycles. The lowest BCUT2D eigenvalue weighted by Crippen LogP contribution is -2.38. The normalized spacial score (nSPS) is 11.9. The summed E-state index contributed by atoms with van der Waals surface area (Å²) < 4.78 is 13.1. The predicted molar refractivity (Wildman–Crippen MR) is 62.7 cm³/mol. The third-order valence-corrected chi connectivity index (χ3v) is 2.46. The first-order valence-electron chi connectivity index (χ1n) is 5.28. The van der Waals surface area contributed by atoms with Crippen LogP contribution in [-0.2, 0) is 0 Å². The van der Waals surface area contributed by atoms with Crippen LogP contribution in [0.3, 0.4) is 0 Å². The van der Waals surface area contributed by atoms with Gasteiger partial charge in [0.1, 0.15) is 11.9 Å². The highest BCUT2D eigenvalue weighted by Crippen LogP contribution is 2.15. The molecule has 3 nitrogen and oxygen atoms in total. The van der Waals surface area contributed by atoms with Crippen molar-refractivity contribution in [3.63, 3.8) is 0 Å². The fourth-order valence-electron chi connectivity index (χ4n) is 1.51. The number of halogens is 1. The largest absolute Gasteiger partial charge is 0.369 e. The zero-order chi connectivity index (χ0) is 12.0. The molecule has 1 rings (SSSR count). The van der Waals surface area contributed by atoms with Crippen molar-refractivity contribution < 1.29 is 4.39 Å². The molecule has 0 amide bonds. The van der Waals surface area contributed by atoms with Gasteiger partial charge in [0.2, 0.25) is 0 Å². The molecule has 86 valence electrons. The zero-order valence-corrected chi connectivity index (χ0v) is 9.57. The fourth-order valence-corrected chi connectivity index (χ4v) is 1.51. The highest BCUT2D eigenvalue weighted by atomic mass is 19.1. The molecule has 1 atom stereocenters. The van der Waals surface area contributed by atoms with Gasteiger partial charge in [0.25, 0.3) is 0 Å². The Kier molecular flexibility index (Phi) is 4.74. The first kappa shape index (κ1) is 12.5. The molecule has 0 radical (unpaired) electrons. The number of likely N-dealkylation sites (N-methyl/N-ethyl adjacent to an activating group) is 2. The van der Waals surface area contributed by atoms with Crippen LogP contribution in [0.4, 0.5) is 10.1 Å². The summed E-state index contributed by atoms with van der Waals surface area (Å²) >= 11 is 0. The minimum atomic E-state index is -0.256. The van der Waals surface area contributed by atoms with Gasteiger partial charge in [-0.15, -0.1) is 0 Å². The van der Waals surface area contributed by atoms with E-state index in [1.54, 1.807) is 13.1 Å². The van der Waals surface area contributed by atoms with E-state index in [9.17, 15) is 4.39 Å². The summed E-state index contributed by atoms with van der Waals surface area (Å²) in [6.45, 7) is 3.27. The van der Waals surface area contributed by atoms with E-state index in [0.29, 0.717) is 6.54 Å². The Bertz CT molecular complexity index is 373. The lowest BCUT2D eigenvalue weighted by Gasteiger charge is -2.25. The molecular formula is C12H16FN3. The van der Waals surface area contributed by atoms with Gasteiger partial charge in [-0.25, -0.2) is 4.39 Å². The van der Waals surface area contributed by atoms with Crippen molar-refractivity contribution >= 4 is 5.69 Å². The van der Waals surface area contributed by atoms with Gasteiger partial charge in [-0.2, -0.15) is 5.26 Å². The number of hydrogen-bond donors (Lipinski definition) is 1. The molecule has 0 heterocycles. The average Bonchev–Trinajstić information content (AvgIpc) is 2.31. The third kappa shape index (κ3) is 3.21. The minimum absolute atomic E-state index is 0.247. The van der Waals surface area contributed by atoms with Crippen molar-refractivity contribution in [2.45, 2.75) is 13.0 Å².